The number of carbonyl (C=O) groups is 1. The highest BCUT2D eigenvalue weighted by Gasteiger charge is 2.33. The van der Waals surface area contributed by atoms with E-state index >= 15 is 0 Å². The summed E-state index contributed by atoms with van der Waals surface area (Å²) in [6.07, 6.45) is 1.02. The summed E-state index contributed by atoms with van der Waals surface area (Å²) in [6.45, 7) is 1.53. The normalized spacial score (nSPS) is 15.9. The SMILES string of the molecule is NC(O)Cn1ccc2ccc(CNCc3[nH]c4ccccc4c3C3NC(=O)c4ccc(O)cc43)cc21. The zero-order chi connectivity index (χ0) is 24.8. The lowest BCUT2D eigenvalue weighted by Gasteiger charge is -2.15. The number of aromatic hydroxyl groups is 1. The summed E-state index contributed by atoms with van der Waals surface area (Å²) in [4.78, 5) is 16.2. The Hall–Kier alpha value is -4.11. The zero-order valence-corrected chi connectivity index (χ0v) is 19.5. The number of hydrogen-bond donors (Lipinski definition) is 6. The smallest absolute Gasteiger partial charge is 0.252 e. The third-order valence-electron chi connectivity index (χ3n) is 6.84. The van der Waals surface area contributed by atoms with E-state index in [2.05, 4.69) is 33.8 Å². The molecule has 1 aliphatic heterocycles. The fourth-order valence-electron chi connectivity index (χ4n) is 5.23. The lowest BCUT2D eigenvalue weighted by Crippen LogP contribution is -2.24. The molecule has 2 atom stereocenters. The van der Waals surface area contributed by atoms with E-state index in [0.717, 1.165) is 44.2 Å². The number of aliphatic hydroxyl groups excluding tert-OH is 1. The number of aliphatic hydroxyl groups is 1. The van der Waals surface area contributed by atoms with Crippen LogP contribution in [0.25, 0.3) is 21.8 Å². The minimum Gasteiger partial charge on any atom is -0.508 e. The second-order valence-corrected chi connectivity index (χ2v) is 9.27. The molecule has 0 spiro atoms. The molecule has 0 bridgehead atoms. The molecule has 0 saturated carbocycles. The molecular formula is C28H27N5O3. The van der Waals surface area contributed by atoms with Gasteiger partial charge in [0.05, 0.1) is 12.6 Å². The number of nitrogens with zero attached hydrogens (tertiary/aromatic N) is 1. The number of hydrogen-bond acceptors (Lipinski definition) is 5. The number of benzene rings is 3. The van der Waals surface area contributed by atoms with Crippen molar-refractivity contribution in [1.82, 2.24) is 20.2 Å². The Morgan fingerprint density at radius 2 is 1.92 bits per heavy atom. The molecule has 182 valence electrons. The van der Waals surface area contributed by atoms with Crippen LogP contribution in [0.1, 0.15) is 38.8 Å². The van der Waals surface area contributed by atoms with Crippen LogP contribution in [0.4, 0.5) is 0 Å². The van der Waals surface area contributed by atoms with Crippen molar-refractivity contribution in [2.24, 2.45) is 5.73 Å². The molecule has 2 aromatic heterocycles. The summed E-state index contributed by atoms with van der Waals surface area (Å²) in [5.41, 5.74) is 12.0. The summed E-state index contributed by atoms with van der Waals surface area (Å²) in [5.74, 6) is -0.00448. The number of nitrogens with one attached hydrogen (secondary N) is 3. The molecule has 0 fully saturated rings. The quantitative estimate of drug-likeness (QED) is 0.199. The maximum atomic E-state index is 12.7. The number of H-pyrrole nitrogens is 1. The summed E-state index contributed by atoms with van der Waals surface area (Å²) in [5, 5.41) is 28.4. The van der Waals surface area contributed by atoms with Crippen LogP contribution in [0.15, 0.2) is 72.9 Å². The van der Waals surface area contributed by atoms with E-state index in [1.807, 2.05) is 41.1 Å². The molecule has 0 saturated heterocycles. The third-order valence-corrected chi connectivity index (χ3v) is 6.84. The molecule has 0 radical (unpaired) electrons. The largest absolute Gasteiger partial charge is 0.508 e. The molecule has 6 rings (SSSR count). The number of para-hydroxylation sites is 1. The van der Waals surface area contributed by atoms with Gasteiger partial charge >= 0.3 is 0 Å². The highest BCUT2D eigenvalue weighted by atomic mass is 16.3. The topological polar surface area (TPSA) is 128 Å². The summed E-state index contributed by atoms with van der Waals surface area (Å²) in [7, 11) is 0. The first-order valence-corrected chi connectivity index (χ1v) is 11.9. The Labute approximate surface area is 207 Å². The van der Waals surface area contributed by atoms with Crippen LogP contribution in [0.3, 0.4) is 0 Å². The molecule has 8 nitrogen and oxygen atoms in total. The predicted octanol–water partition coefficient (Wildman–Crippen LogP) is 3.23. The molecule has 7 N–H and O–H groups in total. The number of aromatic nitrogens is 2. The van der Waals surface area contributed by atoms with E-state index in [1.54, 1.807) is 18.2 Å². The first-order valence-electron chi connectivity index (χ1n) is 11.9. The van der Waals surface area contributed by atoms with E-state index < -0.39 is 6.23 Å². The number of fused-ring (bicyclic) bond motifs is 3. The van der Waals surface area contributed by atoms with Gasteiger partial charge in [-0.3, -0.25) is 4.79 Å². The van der Waals surface area contributed by atoms with Crippen molar-refractivity contribution in [3.05, 3.63) is 101 Å². The summed E-state index contributed by atoms with van der Waals surface area (Å²) < 4.78 is 1.95. The first kappa shape index (κ1) is 22.4. The van der Waals surface area contributed by atoms with Crippen LogP contribution in [-0.2, 0) is 19.6 Å². The second kappa shape index (κ2) is 8.83. The van der Waals surface area contributed by atoms with Crippen molar-refractivity contribution in [3.63, 3.8) is 0 Å². The second-order valence-electron chi connectivity index (χ2n) is 9.27. The first-order chi connectivity index (χ1) is 17.5. The van der Waals surface area contributed by atoms with Gasteiger partial charge in [0.15, 0.2) is 0 Å². The van der Waals surface area contributed by atoms with E-state index in [-0.39, 0.29) is 17.7 Å². The van der Waals surface area contributed by atoms with Crippen molar-refractivity contribution in [2.75, 3.05) is 0 Å². The fraction of sp³-hybridized carbons (Fsp3) is 0.179. The summed E-state index contributed by atoms with van der Waals surface area (Å²) in [6, 6.07) is 20.8. The molecule has 1 aliphatic rings. The predicted molar refractivity (Wildman–Crippen MR) is 138 cm³/mol. The molecule has 36 heavy (non-hydrogen) atoms. The Morgan fingerprint density at radius 3 is 2.78 bits per heavy atom. The Morgan fingerprint density at radius 1 is 1.06 bits per heavy atom. The van der Waals surface area contributed by atoms with Gasteiger partial charge in [-0.15, -0.1) is 0 Å². The van der Waals surface area contributed by atoms with Gasteiger partial charge in [0, 0.05) is 52.5 Å². The van der Waals surface area contributed by atoms with Gasteiger partial charge in [-0.2, -0.15) is 0 Å². The Bertz CT molecular complexity index is 1600. The monoisotopic (exact) mass is 481 g/mol. The number of carbonyl (C=O) groups excluding carboxylic acids is 1. The minimum absolute atomic E-state index is 0.136. The van der Waals surface area contributed by atoms with Gasteiger partial charge in [0.2, 0.25) is 0 Å². The van der Waals surface area contributed by atoms with Gasteiger partial charge in [-0.1, -0.05) is 30.3 Å². The van der Waals surface area contributed by atoms with Gasteiger partial charge in [0.1, 0.15) is 12.0 Å². The fourth-order valence-corrected chi connectivity index (χ4v) is 5.23. The summed E-state index contributed by atoms with van der Waals surface area (Å²) >= 11 is 0. The standard InChI is InChI=1S/C28H27N5O3/c29-25(35)15-33-10-9-17-6-5-16(11-24(17)33)13-30-14-23-26(20-3-1-2-4-22(20)31-23)27-21-12-18(34)7-8-19(21)28(36)32-27/h1-12,25,27,30-31,34-35H,13-15,29H2,(H,32,36). The lowest BCUT2D eigenvalue weighted by atomic mass is 9.95. The molecule has 3 aromatic carbocycles. The van der Waals surface area contributed by atoms with E-state index in [1.165, 1.54) is 0 Å². The van der Waals surface area contributed by atoms with Crippen LogP contribution in [-0.4, -0.2) is 31.9 Å². The Balaban J connectivity index is 1.29. The van der Waals surface area contributed by atoms with Crippen LogP contribution >= 0.6 is 0 Å². The van der Waals surface area contributed by atoms with Crippen LogP contribution in [0, 0.1) is 0 Å². The molecule has 3 heterocycles. The van der Waals surface area contributed by atoms with Crippen molar-refractivity contribution in [1.29, 1.82) is 0 Å². The van der Waals surface area contributed by atoms with Gasteiger partial charge < -0.3 is 36.1 Å². The average Bonchev–Trinajstić information content (AvgIpc) is 3.52. The van der Waals surface area contributed by atoms with Crippen LogP contribution < -0.4 is 16.4 Å². The van der Waals surface area contributed by atoms with Crippen molar-refractivity contribution >= 4 is 27.7 Å². The van der Waals surface area contributed by atoms with Crippen molar-refractivity contribution < 1.29 is 15.0 Å². The number of aromatic amines is 1. The molecule has 1 amide bonds. The molecule has 0 aliphatic carbocycles. The lowest BCUT2D eigenvalue weighted by molar-refractivity contribution is 0.0960. The molecule has 2 unspecified atom stereocenters. The number of nitrogens with two attached hydrogens (primary N) is 1. The maximum Gasteiger partial charge on any atom is 0.252 e. The van der Waals surface area contributed by atoms with E-state index in [9.17, 15) is 15.0 Å². The Kier molecular flexibility index (Phi) is 5.49. The highest BCUT2D eigenvalue weighted by Crippen LogP contribution is 2.38. The molecule has 8 heteroatoms. The molecule has 5 aromatic rings. The van der Waals surface area contributed by atoms with Gasteiger partial charge in [0.25, 0.3) is 5.91 Å². The maximum absolute atomic E-state index is 12.7. The van der Waals surface area contributed by atoms with Crippen LogP contribution in [0.5, 0.6) is 5.75 Å². The van der Waals surface area contributed by atoms with Crippen molar-refractivity contribution in [2.45, 2.75) is 31.9 Å². The van der Waals surface area contributed by atoms with E-state index in [4.69, 9.17) is 5.73 Å². The van der Waals surface area contributed by atoms with E-state index in [0.29, 0.717) is 25.2 Å². The number of amides is 1. The highest BCUT2D eigenvalue weighted by molar-refractivity contribution is 6.01. The number of phenolic OH excluding ortho intramolecular Hbond substituents is 1. The van der Waals surface area contributed by atoms with Gasteiger partial charge in [-0.05, 0) is 52.9 Å². The number of rotatable bonds is 7. The minimum atomic E-state index is -0.911. The van der Waals surface area contributed by atoms with Gasteiger partial charge in [-0.25, -0.2) is 0 Å². The molecular weight excluding hydrogens is 454 g/mol. The van der Waals surface area contributed by atoms with Crippen LogP contribution in [0.2, 0.25) is 0 Å². The average molecular weight is 482 g/mol. The zero-order valence-electron chi connectivity index (χ0n) is 19.5. The third kappa shape index (κ3) is 3.91. The van der Waals surface area contributed by atoms with Crippen molar-refractivity contribution in [3.8, 4) is 5.75 Å². The number of phenols is 1.